The Kier molecular flexibility index (Phi) is 5.43. The summed E-state index contributed by atoms with van der Waals surface area (Å²) in [5.41, 5.74) is 0.670. The Bertz CT molecular complexity index is 1190. The molecule has 10 heteroatoms. The van der Waals surface area contributed by atoms with Crippen molar-refractivity contribution in [1.82, 2.24) is 9.97 Å². The van der Waals surface area contributed by atoms with Crippen molar-refractivity contribution in [3.05, 3.63) is 74.5 Å². The summed E-state index contributed by atoms with van der Waals surface area (Å²) in [6.45, 7) is 0. The summed E-state index contributed by atoms with van der Waals surface area (Å²) >= 11 is 11.8. The van der Waals surface area contributed by atoms with Crippen molar-refractivity contribution in [2.75, 3.05) is 16.0 Å². The third-order valence-corrected chi connectivity index (χ3v) is 4.95. The fourth-order valence-corrected chi connectivity index (χ4v) is 3.44. The van der Waals surface area contributed by atoms with Gasteiger partial charge in [-0.1, -0.05) is 29.3 Å². The number of benzene rings is 2. The average Bonchev–Trinajstić information content (AvgIpc) is 2.69. The first-order valence-corrected chi connectivity index (χ1v) is 9.68. The number of aromatic nitrogens is 2. The second-order valence-electron chi connectivity index (χ2n) is 6.61. The van der Waals surface area contributed by atoms with E-state index in [0.717, 1.165) is 0 Å². The third kappa shape index (κ3) is 4.29. The number of carbonyl (C=O) groups is 2. The molecular formula is C20H15Cl2N5O3. The van der Waals surface area contributed by atoms with Crippen LogP contribution in [0.4, 0.5) is 23.1 Å². The molecule has 0 saturated heterocycles. The molecular weight excluding hydrogens is 429 g/mol. The molecule has 4 N–H and O–H groups in total. The lowest BCUT2D eigenvalue weighted by molar-refractivity contribution is -0.123. The Hall–Kier alpha value is -3.36. The minimum atomic E-state index is -0.992. The Morgan fingerprint density at radius 2 is 1.80 bits per heavy atom. The number of nitrogens with zero attached hydrogens (tertiary/aromatic N) is 1. The molecule has 1 aliphatic rings. The van der Waals surface area contributed by atoms with Crippen LogP contribution in [0.3, 0.4) is 0 Å². The maximum atomic E-state index is 12.8. The normalized spacial score (nSPS) is 15.1. The van der Waals surface area contributed by atoms with Gasteiger partial charge in [0.25, 0.3) is 5.56 Å². The number of amides is 2. The lowest BCUT2D eigenvalue weighted by Crippen LogP contribution is -2.36. The fourth-order valence-electron chi connectivity index (χ4n) is 3.12. The molecule has 0 aliphatic carbocycles. The Balaban J connectivity index is 1.63. The second kappa shape index (κ2) is 8.17. The summed E-state index contributed by atoms with van der Waals surface area (Å²) in [4.78, 5) is 44.6. The highest BCUT2D eigenvalue weighted by Crippen LogP contribution is 2.30. The molecule has 1 unspecified atom stereocenters. The maximum absolute atomic E-state index is 12.8. The number of fused-ring (bicyclic) bond motifs is 1. The van der Waals surface area contributed by atoms with Crippen LogP contribution < -0.4 is 21.5 Å². The molecule has 152 valence electrons. The van der Waals surface area contributed by atoms with E-state index in [2.05, 4.69) is 25.9 Å². The molecule has 8 nitrogen and oxygen atoms in total. The monoisotopic (exact) mass is 443 g/mol. The van der Waals surface area contributed by atoms with E-state index in [4.69, 9.17) is 23.2 Å². The summed E-state index contributed by atoms with van der Waals surface area (Å²) in [7, 11) is 0. The molecule has 2 heterocycles. The van der Waals surface area contributed by atoms with Gasteiger partial charge in [0, 0.05) is 27.8 Å². The molecule has 0 saturated carbocycles. The zero-order valence-electron chi connectivity index (χ0n) is 15.3. The van der Waals surface area contributed by atoms with Crippen LogP contribution in [0.1, 0.15) is 17.9 Å². The van der Waals surface area contributed by atoms with Gasteiger partial charge >= 0.3 is 0 Å². The zero-order valence-corrected chi connectivity index (χ0v) is 16.8. The number of rotatable bonds is 4. The summed E-state index contributed by atoms with van der Waals surface area (Å²) in [6.07, 6.45) is -0.173. The third-order valence-electron chi connectivity index (χ3n) is 4.47. The van der Waals surface area contributed by atoms with E-state index in [1.54, 1.807) is 48.5 Å². The molecule has 0 fully saturated rings. The Labute approximate surface area is 180 Å². The quantitative estimate of drug-likeness (QED) is 0.488. The van der Waals surface area contributed by atoms with Gasteiger partial charge in [-0.2, -0.15) is 4.98 Å². The van der Waals surface area contributed by atoms with E-state index in [-0.39, 0.29) is 23.8 Å². The van der Waals surface area contributed by atoms with Crippen LogP contribution in [0.5, 0.6) is 0 Å². The van der Waals surface area contributed by atoms with Gasteiger partial charge in [0.2, 0.25) is 17.8 Å². The number of aromatic amines is 1. The van der Waals surface area contributed by atoms with Gasteiger partial charge in [-0.15, -0.1) is 0 Å². The van der Waals surface area contributed by atoms with E-state index in [0.29, 0.717) is 21.4 Å². The molecule has 3 aromatic rings. The average molecular weight is 444 g/mol. The molecule has 2 aromatic carbocycles. The van der Waals surface area contributed by atoms with Gasteiger partial charge in [-0.25, -0.2) is 0 Å². The van der Waals surface area contributed by atoms with Gasteiger partial charge in [-0.3, -0.25) is 19.4 Å². The Morgan fingerprint density at radius 3 is 2.53 bits per heavy atom. The second-order valence-corrected chi connectivity index (χ2v) is 7.49. The summed E-state index contributed by atoms with van der Waals surface area (Å²) in [5, 5.41) is 9.20. The first-order chi connectivity index (χ1) is 14.4. The van der Waals surface area contributed by atoms with E-state index in [9.17, 15) is 14.4 Å². The molecule has 1 aliphatic heterocycles. The smallest absolute Gasteiger partial charge is 0.258 e. The SMILES string of the molecule is O=C1CC(C(=O)Nc2cccc(Cl)c2)c2c(nc(Nc3ccc(Cl)cc3)[nH]c2=O)N1. The summed E-state index contributed by atoms with van der Waals surface area (Å²) in [5.74, 6) is -1.74. The van der Waals surface area contributed by atoms with Crippen molar-refractivity contribution < 1.29 is 9.59 Å². The van der Waals surface area contributed by atoms with Crippen molar-refractivity contribution in [3.63, 3.8) is 0 Å². The first-order valence-electron chi connectivity index (χ1n) is 8.92. The number of H-pyrrole nitrogens is 1. The van der Waals surface area contributed by atoms with Crippen LogP contribution >= 0.6 is 23.2 Å². The van der Waals surface area contributed by atoms with Crippen LogP contribution in [0.15, 0.2) is 53.3 Å². The number of carbonyl (C=O) groups excluding carboxylic acids is 2. The molecule has 1 atom stereocenters. The van der Waals surface area contributed by atoms with Crippen molar-refractivity contribution in [1.29, 1.82) is 0 Å². The zero-order chi connectivity index (χ0) is 21.3. The van der Waals surface area contributed by atoms with Crippen LogP contribution in [0.25, 0.3) is 0 Å². The van der Waals surface area contributed by atoms with Crippen LogP contribution in [-0.2, 0) is 9.59 Å². The van der Waals surface area contributed by atoms with Crippen molar-refractivity contribution in [2.24, 2.45) is 0 Å². The minimum absolute atomic E-state index is 0.0395. The van der Waals surface area contributed by atoms with Gasteiger partial charge in [0.15, 0.2) is 0 Å². The number of hydrogen-bond acceptors (Lipinski definition) is 5. The van der Waals surface area contributed by atoms with Crippen molar-refractivity contribution in [2.45, 2.75) is 12.3 Å². The number of hydrogen-bond donors (Lipinski definition) is 4. The van der Waals surface area contributed by atoms with Crippen molar-refractivity contribution >= 4 is 58.2 Å². The fraction of sp³-hybridized carbons (Fsp3) is 0.100. The van der Waals surface area contributed by atoms with Gasteiger partial charge in [0.1, 0.15) is 5.82 Å². The van der Waals surface area contributed by atoms with Gasteiger partial charge in [-0.05, 0) is 42.5 Å². The highest BCUT2D eigenvalue weighted by Gasteiger charge is 2.34. The predicted octanol–water partition coefficient (Wildman–Crippen LogP) is 3.88. The number of anilines is 4. The van der Waals surface area contributed by atoms with E-state index < -0.39 is 23.3 Å². The van der Waals surface area contributed by atoms with Crippen LogP contribution in [0, 0.1) is 0 Å². The molecule has 1 aromatic heterocycles. The molecule has 4 rings (SSSR count). The van der Waals surface area contributed by atoms with Crippen molar-refractivity contribution in [3.8, 4) is 0 Å². The van der Waals surface area contributed by atoms with Gasteiger partial charge in [0.05, 0.1) is 11.5 Å². The maximum Gasteiger partial charge on any atom is 0.258 e. The topological polar surface area (TPSA) is 116 Å². The van der Waals surface area contributed by atoms with Crippen LogP contribution in [-0.4, -0.2) is 21.8 Å². The number of halogens is 2. The van der Waals surface area contributed by atoms with E-state index in [1.807, 2.05) is 0 Å². The molecule has 2 amide bonds. The largest absolute Gasteiger partial charge is 0.326 e. The summed E-state index contributed by atoms with van der Waals surface area (Å²) in [6, 6.07) is 13.4. The molecule has 30 heavy (non-hydrogen) atoms. The highest BCUT2D eigenvalue weighted by atomic mass is 35.5. The van der Waals surface area contributed by atoms with Crippen LogP contribution in [0.2, 0.25) is 10.0 Å². The van der Waals surface area contributed by atoms with Gasteiger partial charge < -0.3 is 16.0 Å². The lowest BCUT2D eigenvalue weighted by atomic mass is 9.92. The van der Waals surface area contributed by atoms with E-state index >= 15 is 0 Å². The highest BCUT2D eigenvalue weighted by molar-refractivity contribution is 6.31. The predicted molar refractivity (Wildman–Crippen MR) is 116 cm³/mol. The lowest BCUT2D eigenvalue weighted by Gasteiger charge is -2.23. The molecule has 0 spiro atoms. The Morgan fingerprint density at radius 1 is 1.03 bits per heavy atom. The minimum Gasteiger partial charge on any atom is -0.326 e. The van der Waals surface area contributed by atoms with E-state index in [1.165, 1.54) is 0 Å². The number of nitrogens with one attached hydrogen (secondary N) is 4. The molecule has 0 bridgehead atoms. The molecule has 0 radical (unpaired) electrons. The summed E-state index contributed by atoms with van der Waals surface area (Å²) < 4.78 is 0. The standard InChI is InChI=1S/C20H15Cl2N5O3/c21-10-4-6-12(7-5-10)24-20-26-17-16(19(30)27-20)14(9-15(28)25-17)18(29)23-13-3-1-2-11(22)8-13/h1-8,14H,9H2,(H,23,29)(H3,24,25,26,27,28,30). The first kappa shape index (κ1) is 19.9.